The minimum absolute atomic E-state index is 0.00748. The minimum atomic E-state index is -2.24. The van der Waals surface area contributed by atoms with Crippen LogP contribution in [-0.2, 0) is 28.3 Å². The van der Waals surface area contributed by atoms with Gasteiger partial charge in [-0.25, -0.2) is 0 Å². The molecule has 0 aromatic carbocycles. The van der Waals surface area contributed by atoms with Crippen LogP contribution in [0.3, 0.4) is 0 Å². The Hall–Kier alpha value is -1.51. The molecule has 200 valence electrons. The molecule has 0 radical (unpaired) electrons. The van der Waals surface area contributed by atoms with Gasteiger partial charge < -0.3 is 19.0 Å². The van der Waals surface area contributed by atoms with Gasteiger partial charge in [-0.15, -0.1) is 0 Å². The van der Waals surface area contributed by atoms with Gasteiger partial charge in [-0.1, -0.05) is 34.6 Å². The highest BCUT2D eigenvalue weighted by molar-refractivity contribution is 6.74. The Kier molecular flexibility index (Phi) is 9.21. The number of rotatable bonds is 12. The van der Waals surface area contributed by atoms with Crippen molar-refractivity contribution in [2.75, 3.05) is 6.61 Å². The average Bonchev–Trinajstić information content (AvgIpc) is 3.22. The smallest absolute Gasteiger partial charge is 0.311 e. The second kappa shape index (κ2) is 10.8. The van der Waals surface area contributed by atoms with Crippen LogP contribution >= 0.6 is 0 Å². The summed E-state index contributed by atoms with van der Waals surface area (Å²) < 4.78 is 18.3. The van der Waals surface area contributed by atoms with Crippen molar-refractivity contribution in [2.45, 2.75) is 117 Å². The normalized spacial score (nSPS) is 27.9. The summed E-state index contributed by atoms with van der Waals surface area (Å²) in [6.45, 7) is 18.5. The Labute approximate surface area is 212 Å². The van der Waals surface area contributed by atoms with E-state index in [0.29, 0.717) is 6.42 Å². The molecule has 2 heterocycles. The molecule has 1 unspecified atom stereocenters. The van der Waals surface area contributed by atoms with Crippen molar-refractivity contribution >= 4 is 26.0 Å². The standard InChI is InChI=1S/C27H46O7Si/c1-10-26(6,7)24(31)32-17-19-14-21-13-18(2)27(19,33-21)12-11-20(28)15-22(16-23(29)30)34-35(8,9)25(3,4)5/h11-12,18-19,21-22H,10,13-17H2,1-9H3,(H,29,30)/b12-11+/t18-,19+,21-,22?,27+/m1/s1. The molecule has 35 heavy (non-hydrogen) atoms. The Bertz CT molecular complexity index is 826. The maximum atomic E-state index is 13.0. The number of fused-ring (bicyclic) bond motifs is 2. The second-order valence-corrected chi connectivity index (χ2v) is 17.4. The fraction of sp³-hybridized carbons (Fsp3) is 0.815. The lowest BCUT2D eigenvalue weighted by molar-refractivity contribution is -0.157. The predicted octanol–water partition coefficient (Wildman–Crippen LogP) is 5.53. The zero-order valence-electron chi connectivity index (χ0n) is 23.1. The molecule has 0 spiro atoms. The molecule has 2 saturated heterocycles. The minimum Gasteiger partial charge on any atom is -0.481 e. The summed E-state index contributed by atoms with van der Waals surface area (Å²) in [5.41, 5.74) is -1.19. The molecule has 0 aliphatic carbocycles. The summed E-state index contributed by atoms with van der Waals surface area (Å²) in [7, 11) is -2.24. The molecule has 2 rings (SSSR count). The lowest BCUT2D eigenvalue weighted by atomic mass is 9.72. The van der Waals surface area contributed by atoms with E-state index in [4.69, 9.17) is 13.9 Å². The van der Waals surface area contributed by atoms with Crippen molar-refractivity contribution in [1.82, 2.24) is 0 Å². The Morgan fingerprint density at radius 3 is 2.29 bits per heavy atom. The van der Waals surface area contributed by atoms with E-state index >= 15 is 0 Å². The van der Waals surface area contributed by atoms with Gasteiger partial charge in [0.2, 0.25) is 0 Å². The van der Waals surface area contributed by atoms with Crippen molar-refractivity contribution in [2.24, 2.45) is 17.3 Å². The van der Waals surface area contributed by atoms with Crippen molar-refractivity contribution in [3.63, 3.8) is 0 Å². The molecule has 2 fully saturated rings. The number of carboxylic acid groups (broad SMARTS) is 1. The fourth-order valence-electron chi connectivity index (χ4n) is 4.69. The number of esters is 1. The summed E-state index contributed by atoms with van der Waals surface area (Å²) in [5.74, 6) is -1.21. The van der Waals surface area contributed by atoms with Gasteiger partial charge in [0.05, 0.1) is 36.3 Å². The van der Waals surface area contributed by atoms with E-state index in [0.717, 1.165) is 12.8 Å². The summed E-state index contributed by atoms with van der Waals surface area (Å²) in [4.78, 5) is 36.9. The number of ketones is 1. The summed E-state index contributed by atoms with van der Waals surface area (Å²) in [5, 5.41) is 9.28. The third kappa shape index (κ3) is 7.04. The van der Waals surface area contributed by atoms with Gasteiger partial charge in [0.1, 0.15) is 0 Å². The topological polar surface area (TPSA) is 99.1 Å². The monoisotopic (exact) mass is 510 g/mol. The molecule has 2 bridgehead atoms. The highest BCUT2D eigenvalue weighted by atomic mass is 28.4. The zero-order valence-corrected chi connectivity index (χ0v) is 24.1. The van der Waals surface area contributed by atoms with Gasteiger partial charge >= 0.3 is 11.9 Å². The number of aliphatic carboxylic acids is 1. The zero-order chi connectivity index (χ0) is 26.8. The van der Waals surface area contributed by atoms with Gasteiger partial charge in [0, 0.05) is 12.3 Å². The average molecular weight is 511 g/mol. The van der Waals surface area contributed by atoms with Gasteiger partial charge in [0.15, 0.2) is 14.1 Å². The van der Waals surface area contributed by atoms with Crippen LogP contribution in [0.2, 0.25) is 18.1 Å². The van der Waals surface area contributed by atoms with Crippen LogP contribution in [0, 0.1) is 17.3 Å². The van der Waals surface area contributed by atoms with E-state index in [9.17, 15) is 19.5 Å². The van der Waals surface area contributed by atoms with E-state index in [2.05, 4.69) is 40.8 Å². The number of ether oxygens (including phenoxy) is 2. The molecular formula is C27H46O7Si. The van der Waals surface area contributed by atoms with Crippen molar-refractivity contribution in [3.05, 3.63) is 12.2 Å². The number of allylic oxidation sites excluding steroid dienone is 1. The van der Waals surface area contributed by atoms with E-state index in [1.54, 1.807) is 0 Å². The van der Waals surface area contributed by atoms with Crippen LogP contribution in [0.25, 0.3) is 0 Å². The molecule has 0 aromatic rings. The van der Waals surface area contributed by atoms with Crippen LogP contribution in [0.5, 0.6) is 0 Å². The third-order valence-electron chi connectivity index (χ3n) is 8.42. The maximum Gasteiger partial charge on any atom is 0.311 e. The lowest BCUT2D eigenvalue weighted by Crippen LogP contribution is -2.45. The largest absolute Gasteiger partial charge is 0.481 e. The Morgan fingerprint density at radius 2 is 1.77 bits per heavy atom. The van der Waals surface area contributed by atoms with Crippen molar-refractivity contribution < 1.29 is 33.4 Å². The number of hydrogen-bond acceptors (Lipinski definition) is 6. The second-order valence-electron chi connectivity index (χ2n) is 12.6. The highest BCUT2D eigenvalue weighted by Crippen LogP contribution is 2.52. The predicted molar refractivity (Wildman–Crippen MR) is 138 cm³/mol. The van der Waals surface area contributed by atoms with E-state index in [1.807, 2.05) is 26.8 Å². The van der Waals surface area contributed by atoms with Gasteiger partial charge in [0.25, 0.3) is 0 Å². The van der Waals surface area contributed by atoms with Gasteiger partial charge in [-0.05, 0) is 69.3 Å². The van der Waals surface area contributed by atoms with Crippen molar-refractivity contribution in [1.29, 1.82) is 0 Å². The first-order chi connectivity index (χ1) is 15.9. The fourth-order valence-corrected chi connectivity index (χ4v) is 6.04. The highest BCUT2D eigenvalue weighted by Gasteiger charge is 2.57. The Morgan fingerprint density at radius 1 is 1.14 bits per heavy atom. The molecule has 1 N–H and O–H groups in total. The van der Waals surface area contributed by atoms with Crippen LogP contribution in [0.4, 0.5) is 0 Å². The first-order valence-electron chi connectivity index (χ1n) is 12.9. The van der Waals surface area contributed by atoms with Gasteiger partial charge in [-0.3, -0.25) is 14.4 Å². The SMILES string of the molecule is CCC(C)(C)C(=O)OC[C@@H]1C[C@H]2C[C@@H](C)[C@]1(/C=C/C(=O)CC(CC(=O)O)O[Si](C)(C)C(C)(C)C)O2. The van der Waals surface area contributed by atoms with Gasteiger partial charge in [-0.2, -0.15) is 0 Å². The van der Waals surface area contributed by atoms with Crippen molar-refractivity contribution in [3.8, 4) is 0 Å². The first kappa shape index (κ1) is 29.7. The third-order valence-corrected chi connectivity index (χ3v) is 13.0. The quantitative estimate of drug-likeness (QED) is 0.209. The number of carbonyl (C=O) groups is 3. The van der Waals surface area contributed by atoms with Crippen LogP contribution in [-0.4, -0.2) is 55.6 Å². The van der Waals surface area contributed by atoms with E-state index in [-0.39, 0.29) is 54.2 Å². The molecule has 7 nitrogen and oxygen atoms in total. The Balaban J connectivity index is 2.12. The first-order valence-corrected chi connectivity index (χ1v) is 15.8. The van der Waals surface area contributed by atoms with Crippen LogP contribution in [0.1, 0.15) is 80.6 Å². The van der Waals surface area contributed by atoms with E-state index < -0.39 is 31.4 Å². The molecule has 8 heteroatoms. The number of carbonyl (C=O) groups excluding carboxylic acids is 2. The maximum absolute atomic E-state index is 13.0. The molecule has 0 saturated carbocycles. The number of hydrogen-bond donors (Lipinski definition) is 1. The number of carboxylic acids is 1. The molecule has 5 atom stereocenters. The van der Waals surface area contributed by atoms with Crippen LogP contribution in [0.15, 0.2) is 12.2 Å². The van der Waals surface area contributed by atoms with E-state index in [1.165, 1.54) is 6.08 Å². The molecule has 2 aliphatic rings. The molecular weight excluding hydrogens is 464 g/mol. The molecule has 0 amide bonds. The molecule has 0 aromatic heterocycles. The summed E-state index contributed by atoms with van der Waals surface area (Å²) >= 11 is 0. The summed E-state index contributed by atoms with van der Waals surface area (Å²) in [6.07, 6.45) is 4.97. The van der Waals surface area contributed by atoms with Crippen LogP contribution < -0.4 is 0 Å². The summed E-state index contributed by atoms with van der Waals surface area (Å²) in [6, 6.07) is 0. The lowest BCUT2D eigenvalue weighted by Gasteiger charge is -2.39. The molecule has 2 aliphatic heterocycles.